The Labute approximate surface area is 151 Å². The van der Waals surface area contributed by atoms with Crippen molar-refractivity contribution in [2.24, 2.45) is 7.05 Å². The first-order valence-corrected chi connectivity index (χ1v) is 8.38. The van der Waals surface area contributed by atoms with Gasteiger partial charge in [-0.3, -0.25) is 9.67 Å². The fraction of sp³-hybridized carbons (Fsp3) is 0.333. The van der Waals surface area contributed by atoms with E-state index in [4.69, 9.17) is 4.52 Å². The Balaban J connectivity index is 1.67. The summed E-state index contributed by atoms with van der Waals surface area (Å²) >= 11 is 0. The van der Waals surface area contributed by atoms with Gasteiger partial charge in [0.25, 0.3) is 0 Å². The van der Waals surface area contributed by atoms with Gasteiger partial charge in [-0.25, -0.2) is 4.79 Å². The van der Waals surface area contributed by atoms with E-state index in [0.717, 1.165) is 17.0 Å². The number of aromatic nitrogens is 4. The lowest BCUT2D eigenvalue weighted by atomic mass is 10.1. The van der Waals surface area contributed by atoms with Crippen LogP contribution in [0.2, 0.25) is 0 Å². The van der Waals surface area contributed by atoms with Crippen LogP contribution in [0.4, 0.5) is 10.5 Å². The SMILES string of the molecule is Cc1noc(C)c1C[C@H](C)NC(=O)Nc1cn(C)nc1-c1ccccn1. The third-order valence-electron chi connectivity index (χ3n) is 4.05. The molecule has 0 saturated heterocycles. The van der Waals surface area contributed by atoms with Gasteiger partial charge >= 0.3 is 6.03 Å². The van der Waals surface area contributed by atoms with Gasteiger partial charge < -0.3 is 15.2 Å². The highest BCUT2D eigenvalue weighted by Crippen LogP contribution is 2.24. The molecule has 26 heavy (non-hydrogen) atoms. The van der Waals surface area contributed by atoms with Crippen molar-refractivity contribution in [3.05, 3.63) is 47.6 Å². The minimum absolute atomic E-state index is 0.0817. The van der Waals surface area contributed by atoms with Gasteiger partial charge in [0.15, 0.2) is 0 Å². The quantitative estimate of drug-likeness (QED) is 0.734. The molecular formula is C18H22N6O2. The number of carbonyl (C=O) groups is 1. The van der Waals surface area contributed by atoms with Crippen LogP contribution in [0.1, 0.15) is 23.9 Å². The van der Waals surface area contributed by atoms with Crippen molar-refractivity contribution < 1.29 is 9.32 Å². The highest BCUT2D eigenvalue weighted by molar-refractivity contribution is 5.93. The van der Waals surface area contributed by atoms with Crippen molar-refractivity contribution in [2.45, 2.75) is 33.2 Å². The van der Waals surface area contributed by atoms with Gasteiger partial charge in [0.2, 0.25) is 0 Å². The fourth-order valence-corrected chi connectivity index (χ4v) is 2.80. The summed E-state index contributed by atoms with van der Waals surface area (Å²) in [5.74, 6) is 0.779. The molecule has 0 aliphatic carbocycles. The van der Waals surface area contributed by atoms with Crippen LogP contribution in [-0.4, -0.2) is 32.0 Å². The number of urea groups is 1. The molecule has 8 nitrogen and oxygen atoms in total. The van der Waals surface area contributed by atoms with E-state index in [1.54, 1.807) is 24.1 Å². The zero-order chi connectivity index (χ0) is 18.7. The summed E-state index contributed by atoms with van der Waals surface area (Å²) in [5, 5.41) is 14.1. The number of anilines is 1. The van der Waals surface area contributed by atoms with Gasteiger partial charge in [-0.2, -0.15) is 5.10 Å². The van der Waals surface area contributed by atoms with E-state index in [1.165, 1.54) is 0 Å². The molecule has 2 N–H and O–H groups in total. The monoisotopic (exact) mass is 354 g/mol. The summed E-state index contributed by atoms with van der Waals surface area (Å²) in [6, 6.07) is 5.19. The minimum Gasteiger partial charge on any atom is -0.361 e. The van der Waals surface area contributed by atoms with Gasteiger partial charge in [0.05, 0.1) is 17.1 Å². The number of aryl methyl sites for hydroxylation is 3. The Bertz CT molecular complexity index is 880. The van der Waals surface area contributed by atoms with E-state index in [0.29, 0.717) is 23.5 Å². The van der Waals surface area contributed by atoms with E-state index in [9.17, 15) is 4.79 Å². The highest BCUT2D eigenvalue weighted by Gasteiger charge is 2.17. The van der Waals surface area contributed by atoms with Crippen LogP contribution >= 0.6 is 0 Å². The summed E-state index contributed by atoms with van der Waals surface area (Å²) in [7, 11) is 1.80. The second-order valence-electron chi connectivity index (χ2n) is 6.29. The number of amides is 2. The Kier molecular flexibility index (Phi) is 5.01. The van der Waals surface area contributed by atoms with E-state index >= 15 is 0 Å². The summed E-state index contributed by atoms with van der Waals surface area (Å²) in [5.41, 5.74) is 3.80. The predicted octanol–water partition coefficient (Wildman–Crippen LogP) is 2.84. The molecule has 3 rings (SSSR count). The zero-order valence-corrected chi connectivity index (χ0v) is 15.3. The van der Waals surface area contributed by atoms with Gasteiger partial charge in [0, 0.05) is 31.0 Å². The van der Waals surface area contributed by atoms with Crippen molar-refractivity contribution in [1.29, 1.82) is 0 Å². The average molecular weight is 354 g/mol. The maximum Gasteiger partial charge on any atom is 0.319 e. The molecule has 0 aromatic carbocycles. The lowest BCUT2D eigenvalue weighted by molar-refractivity contribution is 0.249. The van der Waals surface area contributed by atoms with Crippen molar-refractivity contribution in [3.63, 3.8) is 0 Å². The molecule has 0 aliphatic heterocycles. The third kappa shape index (κ3) is 3.90. The van der Waals surface area contributed by atoms with Crippen LogP contribution in [0.25, 0.3) is 11.4 Å². The zero-order valence-electron chi connectivity index (χ0n) is 15.3. The summed E-state index contributed by atoms with van der Waals surface area (Å²) in [6.07, 6.45) is 4.09. The van der Waals surface area contributed by atoms with E-state index in [-0.39, 0.29) is 12.1 Å². The number of nitrogens with zero attached hydrogens (tertiary/aromatic N) is 4. The second kappa shape index (κ2) is 7.38. The Morgan fingerprint density at radius 3 is 2.81 bits per heavy atom. The summed E-state index contributed by atoms with van der Waals surface area (Å²) < 4.78 is 6.81. The van der Waals surface area contributed by atoms with Crippen LogP contribution in [0, 0.1) is 13.8 Å². The number of pyridine rings is 1. The Hall–Kier alpha value is -3.16. The molecule has 0 unspecified atom stereocenters. The van der Waals surface area contributed by atoms with Crippen molar-refractivity contribution in [3.8, 4) is 11.4 Å². The number of hydrogen-bond donors (Lipinski definition) is 2. The summed E-state index contributed by atoms with van der Waals surface area (Å²) in [6.45, 7) is 5.71. The van der Waals surface area contributed by atoms with E-state index in [2.05, 4.69) is 25.9 Å². The lowest BCUT2D eigenvalue weighted by Crippen LogP contribution is -2.37. The maximum atomic E-state index is 12.4. The van der Waals surface area contributed by atoms with Gasteiger partial charge in [-0.1, -0.05) is 11.2 Å². The molecule has 3 aromatic heterocycles. The molecule has 0 saturated carbocycles. The van der Waals surface area contributed by atoms with Crippen molar-refractivity contribution in [1.82, 2.24) is 25.2 Å². The fourth-order valence-electron chi connectivity index (χ4n) is 2.80. The smallest absolute Gasteiger partial charge is 0.319 e. The number of carbonyl (C=O) groups excluding carboxylic acids is 1. The molecule has 3 heterocycles. The standard InChI is InChI=1S/C18H22N6O2/c1-11(9-14-12(2)23-26-13(14)3)20-18(25)21-16-10-24(4)22-17(16)15-7-5-6-8-19-15/h5-8,10-11H,9H2,1-4H3,(H2,20,21,25)/t11-/m0/s1. The average Bonchev–Trinajstić information content (AvgIpc) is 3.12. The Morgan fingerprint density at radius 2 is 2.15 bits per heavy atom. The molecule has 0 bridgehead atoms. The predicted molar refractivity (Wildman–Crippen MR) is 97.7 cm³/mol. The van der Waals surface area contributed by atoms with Crippen LogP contribution in [0.5, 0.6) is 0 Å². The van der Waals surface area contributed by atoms with Crippen LogP contribution < -0.4 is 10.6 Å². The minimum atomic E-state index is -0.297. The number of hydrogen-bond acceptors (Lipinski definition) is 5. The highest BCUT2D eigenvalue weighted by atomic mass is 16.5. The second-order valence-corrected chi connectivity index (χ2v) is 6.29. The van der Waals surface area contributed by atoms with E-state index in [1.807, 2.05) is 39.0 Å². The molecule has 0 aliphatic rings. The molecule has 3 aromatic rings. The lowest BCUT2D eigenvalue weighted by Gasteiger charge is -2.14. The van der Waals surface area contributed by atoms with Crippen LogP contribution in [-0.2, 0) is 13.5 Å². The van der Waals surface area contributed by atoms with Crippen molar-refractivity contribution in [2.75, 3.05) is 5.32 Å². The molecule has 0 radical (unpaired) electrons. The molecule has 8 heteroatoms. The molecule has 0 fully saturated rings. The number of rotatable bonds is 5. The molecule has 1 atom stereocenters. The molecular weight excluding hydrogens is 332 g/mol. The topological polar surface area (TPSA) is 97.9 Å². The van der Waals surface area contributed by atoms with Gasteiger partial charge in [0.1, 0.15) is 11.5 Å². The number of nitrogens with one attached hydrogen (secondary N) is 2. The first-order valence-electron chi connectivity index (χ1n) is 8.38. The largest absolute Gasteiger partial charge is 0.361 e. The normalized spacial score (nSPS) is 12.0. The van der Waals surface area contributed by atoms with Crippen molar-refractivity contribution >= 4 is 11.7 Å². The molecule has 0 spiro atoms. The van der Waals surface area contributed by atoms with Crippen LogP contribution in [0.3, 0.4) is 0 Å². The van der Waals surface area contributed by atoms with Gasteiger partial charge in [-0.05, 0) is 39.3 Å². The molecule has 2 amide bonds. The maximum absolute atomic E-state index is 12.4. The van der Waals surface area contributed by atoms with E-state index < -0.39 is 0 Å². The van der Waals surface area contributed by atoms with Crippen LogP contribution in [0.15, 0.2) is 35.1 Å². The molecule has 136 valence electrons. The third-order valence-corrected chi connectivity index (χ3v) is 4.05. The van der Waals surface area contributed by atoms with Gasteiger partial charge in [-0.15, -0.1) is 0 Å². The first kappa shape index (κ1) is 17.7. The first-order chi connectivity index (χ1) is 12.4. The summed E-state index contributed by atoms with van der Waals surface area (Å²) in [4.78, 5) is 16.7. The Morgan fingerprint density at radius 1 is 1.35 bits per heavy atom.